The fourth-order valence-corrected chi connectivity index (χ4v) is 2.37. The number of aromatic nitrogens is 4. The topological polar surface area (TPSA) is 78.3 Å². The van der Waals surface area contributed by atoms with Gasteiger partial charge in [-0.25, -0.2) is 9.89 Å². The van der Waals surface area contributed by atoms with E-state index >= 15 is 0 Å². The first-order chi connectivity index (χ1) is 10.1. The maximum Gasteiger partial charge on any atom is 0.364 e. The SMILES string of the molecule is CCN(CC)CCCC(C)Nc1ccc2n[nH]c(=O)n2n1. The van der Waals surface area contributed by atoms with Gasteiger partial charge in [-0.15, -0.1) is 5.10 Å². The standard InChI is InChI=1S/C14H24N6O/c1-4-19(5-2)10-6-7-11(3)15-12-8-9-13-16-17-14(21)20(13)18-12/h8-9,11H,4-7,10H2,1-3H3,(H,15,18)(H,17,21). The van der Waals surface area contributed by atoms with E-state index in [9.17, 15) is 4.79 Å². The van der Waals surface area contributed by atoms with Gasteiger partial charge in [-0.1, -0.05) is 13.8 Å². The molecule has 1 atom stereocenters. The number of hydrogen-bond acceptors (Lipinski definition) is 5. The van der Waals surface area contributed by atoms with Crippen molar-refractivity contribution in [1.82, 2.24) is 24.7 Å². The highest BCUT2D eigenvalue weighted by Crippen LogP contribution is 2.08. The highest BCUT2D eigenvalue weighted by molar-refractivity contribution is 5.43. The van der Waals surface area contributed by atoms with E-state index in [0.29, 0.717) is 17.5 Å². The van der Waals surface area contributed by atoms with Crippen LogP contribution in [0.5, 0.6) is 0 Å². The van der Waals surface area contributed by atoms with Crippen molar-refractivity contribution < 1.29 is 0 Å². The molecule has 0 aliphatic heterocycles. The van der Waals surface area contributed by atoms with Crippen LogP contribution in [-0.4, -0.2) is 50.4 Å². The third kappa shape index (κ3) is 4.04. The second-order valence-electron chi connectivity index (χ2n) is 5.23. The number of anilines is 1. The van der Waals surface area contributed by atoms with Gasteiger partial charge in [-0.3, -0.25) is 0 Å². The number of H-pyrrole nitrogens is 1. The highest BCUT2D eigenvalue weighted by Gasteiger charge is 2.07. The van der Waals surface area contributed by atoms with Crippen LogP contribution in [0.1, 0.15) is 33.6 Å². The van der Waals surface area contributed by atoms with E-state index in [2.05, 4.69) is 46.3 Å². The molecule has 0 aliphatic carbocycles. The minimum Gasteiger partial charge on any atom is -0.366 e. The smallest absolute Gasteiger partial charge is 0.364 e. The Kier molecular flexibility index (Phi) is 5.32. The Hall–Kier alpha value is -1.89. The van der Waals surface area contributed by atoms with Gasteiger partial charge in [0.05, 0.1) is 0 Å². The number of fused-ring (bicyclic) bond motifs is 1. The van der Waals surface area contributed by atoms with Crippen molar-refractivity contribution in [2.24, 2.45) is 0 Å². The molecule has 2 N–H and O–H groups in total. The molecule has 0 saturated heterocycles. The Morgan fingerprint density at radius 2 is 2.14 bits per heavy atom. The lowest BCUT2D eigenvalue weighted by molar-refractivity contribution is 0.295. The Balaban J connectivity index is 1.87. The molecule has 0 aromatic carbocycles. The zero-order valence-corrected chi connectivity index (χ0v) is 13.0. The molecule has 0 amide bonds. The molecule has 0 fully saturated rings. The van der Waals surface area contributed by atoms with Gasteiger partial charge in [0, 0.05) is 6.04 Å². The maximum atomic E-state index is 11.5. The molecular formula is C14H24N6O. The van der Waals surface area contributed by atoms with Crippen LogP contribution in [0, 0.1) is 0 Å². The van der Waals surface area contributed by atoms with Crippen LogP contribution in [0.25, 0.3) is 5.65 Å². The predicted molar refractivity (Wildman–Crippen MR) is 83.7 cm³/mol. The molecule has 0 bridgehead atoms. The van der Waals surface area contributed by atoms with E-state index < -0.39 is 0 Å². The average Bonchev–Trinajstić information content (AvgIpc) is 2.85. The molecule has 116 valence electrons. The third-order valence-corrected chi connectivity index (χ3v) is 3.67. The Labute approximate surface area is 124 Å². The van der Waals surface area contributed by atoms with Crippen LogP contribution in [0.3, 0.4) is 0 Å². The molecule has 1 unspecified atom stereocenters. The van der Waals surface area contributed by atoms with Crippen molar-refractivity contribution in [3.05, 3.63) is 22.6 Å². The lowest BCUT2D eigenvalue weighted by atomic mass is 10.1. The molecule has 2 rings (SSSR count). The van der Waals surface area contributed by atoms with Crippen LogP contribution in [0.2, 0.25) is 0 Å². The van der Waals surface area contributed by atoms with Crippen molar-refractivity contribution in [2.75, 3.05) is 25.0 Å². The Morgan fingerprint density at radius 1 is 1.38 bits per heavy atom. The van der Waals surface area contributed by atoms with Crippen LogP contribution in [0.4, 0.5) is 5.82 Å². The van der Waals surface area contributed by atoms with Crippen molar-refractivity contribution in [3.8, 4) is 0 Å². The van der Waals surface area contributed by atoms with E-state index in [0.717, 1.165) is 32.5 Å². The summed E-state index contributed by atoms with van der Waals surface area (Å²) in [4.78, 5) is 13.9. The number of aromatic amines is 1. The molecule has 0 spiro atoms. The summed E-state index contributed by atoms with van der Waals surface area (Å²) in [6, 6.07) is 3.93. The van der Waals surface area contributed by atoms with Crippen molar-refractivity contribution in [2.45, 2.75) is 39.7 Å². The van der Waals surface area contributed by atoms with Gasteiger partial charge >= 0.3 is 5.69 Å². The first-order valence-electron chi connectivity index (χ1n) is 7.57. The predicted octanol–water partition coefficient (Wildman–Crippen LogP) is 1.34. The summed E-state index contributed by atoms with van der Waals surface area (Å²) in [5.74, 6) is 0.696. The van der Waals surface area contributed by atoms with E-state index in [1.165, 1.54) is 4.52 Å². The zero-order valence-electron chi connectivity index (χ0n) is 13.0. The first kappa shape index (κ1) is 15.5. The number of nitrogens with zero attached hydrogens (tertiary/aromatic N) is 4. The van der Waals surface area contributed by atoms with Crippen LogP contribution in [0.15, 0.2) is 16.9 Å². The molecule has 0 aliphatic rings. The monoisotopic (exact) mass is 292 g/mol. The average molecular weight is 292 g/mol. The summed E-state index contributed by atoms with van der Waals surface area (Å²) < 4.78 is 1.27. The summed E-state index contributed by atoms with van der Waals surface area (Å²) in [5, 5.41) is 13.8. The minimum atomic E-state index is -0.317. The van der Waals surface area contributed by atoms with E-state index in [4.69, 9.17) is 0 Å². The Morgan fingerprint density at radius 3 is 2.86 bits per heavy atom. The van der Waals surface area contributed by atoms with E-state index in [1.807, 2.05) is 6.07 Å². The molecule has 0 saturated carbocycles. The van der Waals surface area contributed by atoms with Gasteiger partial charge in [0.25, 0.3) is 0 Å². The highest BCUT2D eigenvalue weighted by atomic mass is 16.2. The summed E-state index contributed by atoms with van der Waals surface area (Å²) >= 11 is 0. The van der Waals surface area contributed by atoms with E-state index in [-0.39, 0.29) is 5.69 Å². The summed E-state index contributed by atoms with van der Waals surface area (Å²) in [6.07, 6.45) is 2.21. The molecular weight excluding hydrogens is 268 g/mol. The fraction of sp³-hybridized carbons (Fsp3) is 0.643. The number of rotatable bonds is 8. The van der Waals surface area contributed by atoms with Gasteiger partial charge in [0.15, 0.2) is 5.65 Å². The van der Waals surface area contributed by atoms with Gasteiger partial charge < -0.3 is 10.2 Å². The second-order valence-corrected chi connectivity index (χ2v) is 5.23. The Bertz CT molecular complexity index is 615. The normalized spacial score (nSPS) is 13.0. The lowest BCUT2D eigenvalue weighted by Crippen LogP contribution is -2.26. The minimum absolute atomic E-state index is 0.313. The first-order valence-corrected chi connectivity index (χ1v) is 7.57. The van der Waals surface area contributed by atoms with Gasteiger partial charge in [-0.05, 0) is 51.5 Å². The fourth-order valence-electron chi connectivity index (χ4n) is 2.37. The molecule has 7 heteroatoms. The van der Waals surface area contributed by atoms with Crippen LogP contribution in [-0.2, 0) is 0 Å². The number of nitrogens with one attached hydrogen (secondary N) is 2. The zero-order chi connectivity index (χ0) is 15.2. The molecule has 2 heterocycles. The van der Waals surface area contributed by atoms with Crippen molar-refractivity contribution >= 4 is 11.5 Å². The van der Waals surface area contributed by atoms with Gasteiger partial charge in [-0.2, -0.15) is 9.61 Å². The number of hydrogen-bond donors (Lipinski definition) is 2. The largest absolute Gasteiger partial charge is 0.366 e. The summed E-state index contributed by atoms with van der Waals surface area (Å²) in [6.45, 7) is 9.82. The van der Waals surface area contributed by atoms with Crippen molar-refractivity contribution in [3.63, 3.8) is 0 Å². The lowest BCUT2D eigenvalue weighted by Gasteiger charge is -2.19. The third-order valence-electron chi connectivity index (χ3n) is 3.67. The summed E-state index contributed by atoms with van der Waals surface area (Å²) in [5.41, 5.74) is 0.211. The van der Waals surface area contributed by atoms with Crippen LogP contribution >= 0.6 is 0 Å². The second kappa shape index (κ2) is 7.21. The molecule has 0 radical (unpaired) electrons. The van der Waals surface area contributed by atoms with Gasteiger partial charge in [0.1, 0.15) is 5.82 Å². The van der Waals surface area contributed by atoms with Gasteiger partial charge in [0.2, 0.25) is 0 Å². The maximum absolute atomic E-state index is 11.5. The molecule has 21 heavy (non-hydrogen) atoms. The quantitative estimate of drug-likeness (QED) is 0.767. The summed E-state index contributed by atoms with van der Waals surface area (Å²) in [7, 11) is 0. The molecule has 2 aromatic heterocycles. The van der Waals surface area contributed by atoms with Crippen molar-refractivity contribution in [1.29, 1.82) is 0 Å². The van der Waals surface area contributed by atoms with E-state index in [1.54, 1.807) is 6.07 Å². The molecule has 7 nitrogen and oxygen atoms in total. The van der Waals surface area contributed by atoms with Crippen LogP contribution < -0.4 is 11.0 Å². The molecule has 2 aromatic rings.